The van der Waals surface area contributed by atoms with E-state index in [4.69, 9.17) is 9.47 Å². The summed E-state index contributed by atoms with van der Waals surface area (Å²) in [5, 5.41) is 0. The van der Waals surface area contributed by atoms with Crippen molar-refractivity contribution in [3.8, 4) is 0 Å². The topological polar surface area (TPSA) is 148 Å². The molecule has 0 aromatic carbocycles. The average Bonchev–Trinajstić information content (AvgIpc) is 2.17. The Morgan fingerprint density at radius 3 is 1.70 bits per heavy atom. The van der Waals surface area contributed by atoms with Crippen molar-refractivity contribution in [1.82, 2.24) is 0 Å². The zero-order valence-electron chi connectivity index (χ0n) is 5.13. The summed E-state index contributed by atoms with van der Waals surface area (Å²) >= 11 is 0. The van der Waals surface area contributed by atoms with E-state index in [0.29, 0.717) is 6.10 Å². The normalized spacial score (nSPS) is 28.8. The average molecular weight is 156 g/mol. The summed E-state index contributed by atoms with van der Waals surface area (Å²) in [6.45, 7) is 0. The van der Waals surface area contributed by atoms with Gasteiger partial charge < -0.3 is 31.4 Å². The lowest BCUT2D eigenvalue weighted by Gasteiger charge is -1.81. The molecule has 0 spiro atoms. The molecule has 1 fully saturated rings. The van der Waals surface area contributed by atoms with Crippen LogP contribution >= 0.6 is 0 Å². The van der Waals surface area contributed by atoms with E-state index in [0.717, 1.165) is 0 Å². The number of fused-ring (bicyclic) bond motifs is 1. The highest BCUT2D eigenvalue weighted by atomic mass is 16.8. The van der Waals surface area contributed by atoms with E-state index in [-0.39, 0.29) is 28.2 Å². The zero-order valence-corrected chi connectivity index (χ0v) is 5.13. The van der Waals surface area contributed by atoms with Gasteiger partial charge in [0.2, 0.25) is 6.29 Å². The van der Waals surface area contributed by atoms with Crippen molar-refractivity contribution in [2.45, 2.75) is 12.4 Å². The SMILES string of the molecule is C1=CC2OC2O1.O.O.O.O. The Hall–Kier alpha value is -0.660. The molecule has 8 N–H and O–H groups in total. The molecule has 0 bridgehead atoms. The van der Waals surface area contributed by atoms with Gasteiger partial charge in [0.05, 0.1) is 6.26 Å². The molecule has 0 amide bonds. The monoisotopic (exact) mass is 156 g/mol. The third-order valence-electron chi connectivity index (χ3n) is 0.964. The fourth-order valence-corrected chi connectivity index (χ4v) is 0.555. The minimum Gasteiger partial charge on any atom is -0.470 e. The Kier molecular flexibility index (Phi) is 8.32. The van der Waals surface area contributed by atoms with Crippen molar-refractivity contribution in [2.75, 3.05) is 0 Å². The van der Waals surface area contributed by atoms with Crippen molar-refractivity contribution in [3.05, 3.63) is 12.3 Å². The van der Waals surface area contributed by atoms with Gasteiger partial charge in [-0.3, -0.25) is 0 Å². The fraction of sp³-hybridized carbons (Fsp3) is 0.500. The van der Waals surface area contributed by atoms with Gasteiger partial charge in [-0.25, -0.2) is 0 Å². The maximum Gasteiger partial charge on any atom is 0.230 e. The van der Waals surface area contributed by atoms with Gasteiger partial charge in [-0.2, -0.15) is 0 Å². The molecule has 1 saturated heterocycles. The van der Waals surface area contributed by atoms with Gasteiger partial charge in [-0.05, 0) is 6.08 Å². The number of hydrogen-bond donors (Lipinski definition) is 0. The molecule has 0 radical (unpaired) electrons. The zero-order chi connectivity index (χ0) is 3.98. The number of epoxide rings is 1. The smallest absolute Gasteiger partial charge is 0.230 e. The first-order valence-corrected chi connectivity index (χ1v) is 1.94. The van der Waals surface area contributed by atoms with Crippen LogP contribution in [0.2, 0.25) is 0 Å². The Morgan fingerprint density at radius 1 is 1.00 bits per heavy atom. The van der Waals surface area contributed by atoms with Crippen molar-refractivity contribution < 1.29 is 31.4 Å². The first-order chi connectivity index (χ1) is 2.97. The lowest BCUT2D eigenvalue weighted by Crippen LogP contribution is -1.80. The van der Waals surface area contributed by atoms with Crippen LogP contribution in [0.5, 0.6) is 0 Å². The van der Waals surface area contributed by atoms with Crippen LogP contribution in [0.15, 0.2) is 12.3 Å². The fourth-order valence-electron chi connectivity index (χ4n) is 0.555. The Labute approximate surface area is 57.3 Å². The van der Waals surface area contributed by atoms with E-state index in [9.17, 15) is 0 Å². The summed E-state index contributed by atoms with van der Waals surface area (Å²) in [5.74, 6) is 0. The van der Waals surface area contributed by atoms with E-state index < -0.39 is 0 Å². The maximum atomic E-state index is 4.84. The van der Waals surface area contributed by atoms with Crippen LogP contribution in [0.1, 0.15) is 0 Å². The van der Waals surface area contributed by atoms with Crippen LogP contribution in [0.4, 0.5) is 0 Å². The van der Waals surface area contributed by atoms with Crippen LogP contribution in [0.25, 0.3) is 0 Å². The molecule has 2 rings (SSSR count). The molecule has 10 heavy (non-hydrogen) atoms. The quantitative estimate of drug-likeness (QED) is 0.343. The molecule has 6 nitrogen and oxygen atoms in total. The second-order valence-electron chi connectivity index (χ2n) is 1.43. The molecule has 0 saturated carbocycles. The predicted octanol–water partition coefficient (Wildman–Crippen LogP) is -3.04. The van der Waals surface area contributed by atoms with Crippen LogP contribution in [0, 0.1) is 0 Å². The maximum absolute atomic E-state index is 4.84. The lowest BCUT2D eigenvalue weighted by atomic mass is 10.5. The van der Waals surface area contributed by atoms with Crippen LogP contribution < -0.4 is 0 Å². The third kappa shape index (κ3) is 2.29. The lowest BCUT2D eigenvalue weighted by molar-refractivity contribution is 0.128. The Morgan fingerprint density at radius 2 is 1.60 bits per heavy atom. The van der Waals surface area contributed by atoms with E-state index in [1.165, 1.54) is 0 Å². The summed E-state index contributed by atoms with van der Waals surface area (Å²) in [7, 11) is 0. The van der Waals surface area contributed by atoms with Crippen LogP contribution in [-0.2, 0) is 9.47 Å². The summed E-state index contributed by atoms with van der Waals surface area (Å²) in [4.78, 5) is 0. The standard InChI is InChI=1S/C4H4O2.4H2O/c1-2-5-4-3(1)6-4;;;;/h1-4H;4*1H2. The van der Waals surface area contributed by atoms with Crippen molar-refractivity contribution in [2.24, 2.45) is 0 Å². The minimum absolute atomic E-state index is 0. The molecule has 2 aliphatic rings. The molecule has 2 unspecified atom stereocenters. The highest BCUT2D eigenvalue weighted by molar-refractivity contribution is 5.02. The van der Waals surface area contributed by atoms with E-state index in [2.05, 4.69) is 0 Å². The summed E-state index contributed by atoms with van der Waals surface area (Å²) < 4.78 is 9.67. The second kappa shape index (κ2) is 5.15. The number of rotatable bonds is 0. The summed E-state index contributed by atoms with van der Waals surface area (Å²) in [6, 6.07) is 0. The van der Waals surface area contributed by atoms with Gasteiger partial charge in [0, 0.05) is 0 Å². The van der Waals surface area contributed by atoms with Crippen molar-refractivity contribution in [3.63, 3.8) is 0 Å². The van der Waals surface area contributed by atoms with Crippen molar-refractivity contribution in [1.29, 1.82) is 0 Å². The summed E-state index contributed by atoms with van der Waals surface area (Å²) in [5.41, 5.74) is 0. The second-order valence-corrected chi connectivity index (χ2v) is 1.43. The minimum atomic E-state index is 0. The molecular weight excluding hydrogens is 144 g/mol. The number of hydrogen-bond acceptors (Lipinski definition) is 2. The molecular formula is C4H12O6. The summed E-state index contributed by atoms with van der Waals surface area (Å²) in [6.07, 6.45) is 4.00. The first kappa shape index (κ1) is 16.2. The molecule has 2 atom stereocenters. The van der Waals surface area contributed by atoms with Crippen LogP contribution in [-0.4, -0.2) is 34.3 Å². The molecule has 2 aliphatic heterocycles. The molecule has 2 heterocycles. The van der Waals surface area contributed by atoms with Crippen molar-refractivity contribution >= 4 is 0 Å². The largest absolute Gasteiger partial charge is 0.470 e. The van der Waals surface area contributed by atoms with E-state index >= 15 is 0 Å². The molecule has 0 aromatic rings. The van der Waals surface area contributed by atoms with Gasteiger partial charge >= 0.3 is 0 Å². The Bertz CT molecular complexity index is 102. The number of ether oxygens (including phenoxy) is 2. The van der Waals surface area contributed by atoms with Gasteiger partial charge in [0.25, 0.3) is 0 Å². The molecule has 64 valence electrons. The van der Waals surface area contributed by atoms with Gasteiger partial charge in [0.1, 0.15) is 6.10 Å². The van der Waals surface area contributed by atoms with Gasteiger partial charge in [-0.1, -0.05) is 0 Å². The molecule has 6 heteroatoms. The predicted molar refractivity (Wildman–Crippen MR) is 33.3 cm³/mol. The third-order valence-corrected chi connectivity index (χ3v) is 0.964. The van der Waals surface area contributed by atoms with E-state index in [1.54, 1.807) is 6.26 Å². The highest BCUT2D eigenvalue weighted by Crippen LogP contribution is 2.29. The molecule has 0 aromatic heterocycles. The highest BCUT2D eigenvalue weighted by Gasteiger charge is 2.41. The Balaban J connectivity index is -0.000000122. The first-order valence-electron chi connectivity index (χ1n) is 1.94. The van der Waals surface area contributed by atoms with E-state index in [1.807, 2.05) is 6.08 Å². The molecule has 0 aliphatic carbocycles. The van der Waals surface area contributed by atoms with Gasteiger partial charge in [0.15, 0.2) is 0 Å². The van der Waals surface area contributed by atoms with Crippen LogP contribution in [0.3, 0.4) is 0 Å². The van der Waals surface area contributed by atoms with Gasteiger partial charge in [-0.15, -0.1) is 0 Å².